The van der Waals surface area contributed by atoms with Crippen molar-refractivity contribution in [1.82, 2.24) is 14.7 Å². The summed E-state index contributed by atoms with van der Waals surface area (Å²) in [6.45, 7) is 1.63. The van der Waals surface area contributed by atoms with Gasteiger partial charge in [-0.25, -0.2) is 4.39 Å². The molecule has 30 heavy (non-hydrogen) atoms. The molecule has 2 amide bonds. The molecule has 4 atom stereocenters. The van der Waals surface area contributed by atoms with Crippen LogP contribution in [-0.4, -0.2) is 58.3 Å². The molecule has 2 aromatic rings. The molecule has 8 heteroatoms. The van der Waals surface area contributed by atoms with Crippen molar-refractivity contribution in [3.05, 3.63) is 60.7 Å². The summed E-state index contributed by atoms with van der Waals surface area (Å²) in [6.07, 6.45) is 7.83. The Bertz CT molecular complexity index is 990. The van der Waals surface area contributed by atoms with Crippen LogP contribution in [0.2, 0.25) is 0 Å². The first-order valence-corrected chi connectivity index (χ1v) is 10.1. The minimum absolute atomic E-state index is 0.0778. The maximum Gasteiger partial charge on any atom is 0.234 e. The fourth-order valence-corrected chi connectivity index (χ4v) is 4.89. The van der Waals surface area contributed by atoms with E-state index in [1.54, 1.807) is 35.2 Å². The summed E-state index contributed by atoms with van der Waals surface area (Å²) in [7, 11) is 1.77. The lowest BCUT2D eigenvalue weighted by molar-refractivity contribution is -0.139. The number of hydrogen-bond donors (Lipinski definition) is 0. The molecule has 3 aliphatic rings. The van der Waals surface area contributed by atoms with Gasteiger partial charge in [-0.15, -0.1) is 0 Å². The minimum Gasteiger partial charge on any atom is -0.360 e. The fraction of sp³-hybridized carbons (Fsp3) is 0.409. The van der Waals surface area contributed by atoms with Gasteiger partial charge in [0.1, 0.15) is 11.4 Å². The van der Waals surface area contributed by atoms with Gasteiger partial charge in [-0.05, 0) is 36.8 Å². The van der Waals surface area contributed by atoms with Gasteiger partial charge in [0, 0.05) is 38.2 Å². The number of halogens is 1. The Kier molecular flexibility index (Phi) is 4.47. The monoisotopic (exact) mass is 410 g/mol. The second-order valence-electron chi connectivity index (χ2n) is 8.18. The van der Waals surface area contributed by atoms with Crippen molar-refractivity contribution >= 4 is 17.5 Å². The Morgan fingerprint density at radius 2 is 2.17 bits per heavy atom. The Hall–Kier alpha value is -3.00. The summed E-state index contributed by atoms with van der Waals surface area (Å²) in [6, 6.07) is 7.70. The lowest BCUT2D eigenvalue weighted by Gasteiger charge is -2.27. The number of fused-ring (bicyclic) bond motifs is 1. The van der Waals surface area contributed by atoms with Crippen LogP contribution in [0.5, 0.6) is 0 Å². The van der Waals surface area contributed by atoms with Crippen molar-refractivity contribution in [2.75, 3.05) is 25.0 Å². The number of benzene rings is 1. The zero-order valence-electron chi connectivity index (χ0n) is 16.6. The van der Waals surface area contributed by atoms with Crippen molar-refractivity contribution < 1.29 is 18.7 Å². The van der Waals surface area contributed by atoms with Crippen LogP contribution in [0.25, 0.3) is 0 Å². The van der Waals surface area contributed by atoms with Crippen LogP contribution in [0, 0.1) is 17.7 Å². The molecule has 1 spiro atoms. The Labute approximate surface area is 173 Å². The van der Waals surface area contributed by atoms with Gasteiger partial charge in [-0.1, -0.05) is 12.2 Å². The number of carbonyl (C=O) groups is 2. The highest BCUT2D eigenvalue weighted by Crippen LogP contribution is 2.53. The molecule has 0 radical (unpaired) electrons. The number of nitrogens with zero attached hydrogens (tertiary/aromatic N) is 4. The number of aryl methyl sites for hydroxylation is 1. The molecule has 0 saturated carbocycles. The number of ether oxygens (including phenoxy) is 1. The van der Waals surface area contributed by atoms with Crippen molar-refractivity contribution in [2.45, 2.75) is 24.7 Å². The summed E-state index contributed by atoms with van der Waals surface area (Å²) < 4.78 is 21.3. The summed E-state index contributed by atoms with van der Waals surface area (Å²) in [4.78, 5) is 29.9. The van der Waals surface area contributed by atoms with Gasteiger partial charge in [0.05, 0.1) is 24.5 Å². The molecule has 7 nitrogen and oxygen atoms in total. The van der Waals surface area contributed by atoms with Gasteiger partial charge >= 0.3 is 0 Å². The molecular formula is C22H23FN4O3. The zero-order chi connectivity index (χ0) is 20.9. The fourth-order valence-electron chi connectivity index (χ4n) is 4.89. The quantitative estimate of drug-likeness (QED) is 0.682. The predicted octanol–water partition coefficient (Wildman–Crippen LogP) is 1.86. The van der Waals surface area contributed by atoms with Crippen molar-refractivity contribution in [3.8, 4) is 0 Å². The van der Waals surface area contributed by atoms with Crippen LogP contribution in [0.3, 0.4) is 0 Å². The van der Waals surface area contributed by atoms with Gasteiger partial charge in [0.15, 0.2) is 0 Å². The third-order valence-corrected chi connectivity index (χ3v) is 6.34. The Morgan fingerprint density at radius 3 is 2.90 bits per heavy atom. The summed E-state index contributed by atoms with van der Waals surface area (Å²) in [5.41, 5.74) is -0.170. The number of rotatable bonds is 6. The third-order valence-electron chi connectivity index (χ3n) is 6.34. The van der Waals surface area contributed by atoms with E-state index >= 15 is 0 Å². The number of aromatic nitrogens is 2. The predicted molar refractivity (Wildman–Crippen MR) is 107 cm³/mol. The van der Waals surface area contributed by atoms with E-state index in [9.17, 15) is 14.0 Å². The molecule has 0 unspecified atom stereocenters. The minimum atomic E-state index is -0.785. The van der Waals surface area contributed by atoms with E-state index in [-0.39, 0.29) is 23.7 Å². The van der Waals surface area contributed by atoms with Gasteiger partial charge in [-0.2, -0.15) is 5.10 Å². The number of anilines is 1. The summed E-state index contributed by atoms with van der Waals surface area (Å²) >= 11 is 0. The average Bonchev–Trinajstić information content (AvgIpc) is 3.50. The molecule has 0 aliphatic carbocycles. The zero-order valence-corrected chi connectivity index (χ0v) is 16.6. The normalized spacial score (nSPS) is 28.9. The molecule has 2 fully saturated rings. The summed E-state index contributed by atoms with van der Waals surface area (Å²) in [5, 5.41) is 4.17. The molecular weight excluding hydrogens is 387 g/mol. The second-order valence-corrected chi connectivity index (χ2v) is 8.18. The lowest BCUT2D eigenvalue weighted by Crippen LogP contribution is -2.45. The molecule has 156 valence electrons. The molecule has 5 rings (SSSR count). The highest BCUT2D eigenvalue weighted by atomic mass is 19.1. The number of hydrogen-bond acceptors (Lipinski definition) is 4. The van der Waals surface area contributed by atoms with E-state index in [1.165, 1.54) is 12.1 Å². The number of amides is 2. The van der Waals surface area contributed by atoms with E-state index < -0.39 is 17.4 Å². The van der Waals surface area contributed by atoms with E-state index in [1.807, 2.05) is 29.1 Å². The lowest BCUT2D eigenvalue weighted by atomic mass is 9.76. The first-order valence-electron chi connectivity index (χ1n) is 10.1. The first kappa shape index (κ1) is 19.0. The van der Waals surface area contributed by atoms with Gasteiger partial charge in [-0.3, -0.25) is 14.3 Å². The van der Waals surface area contributed by atoms with E-state index in [4.69, 9.17) is 4.74 Å². The standard InChI is InChI=1S/C22H23FN4O3/c1-25(11-3-13-26-12-2-10-24-26)20(28)18-17-8-9-22(30-17)14-27(21(29)19(18)22)16-6-4-15(23)5-7-16/h2,4-10,12,17-19H,3,11,13-14H2,1H3/t17-,18+,19+,22-/m0/s1. The molecule has 2 bridgehead atoms. The van der Waals surface area contributed by atoms with Crippen molar-refractivity contribution in [1.29, 1.82) is 0 Å². The third kappa shape index (κ3) is 2.94. The highest BCUT2D eigenvalue weighted by molar-refractivity contribution is 6.03. The topological polar surface area (TPSA) is 67.7 Å². The Balaban J connectivity index is 1.31. The van der Waals surface area contributed by atoms with Gasteiger partial charge in [0.25, 0.3) is 0 Å². The van der Waals surface area contributed by atoms with E-state index in [0.29, 0.717) is 18.8 Å². The van der Waals surface area contributed by atoms with Crippen LogP contribution < -0.4 is 4.90 Å². The van der Waals surface area contributed by atoms with Crippen LogP contribution >= 0.6 is 0 Å². The molecule has 0 N–H and O–H groups in total. The molecule has 3 aliphatic heterocycles. The first-order chi connectivity index (χ1) is 14.5. The van der Waals surface area contributed by atoms with E-state index in [0.717, 1.165) is 13.0 Å². The van der Waals surface area contributed by atoms with Crippen molar-refractivity contribution in [2.24, 2.45) is 11.8 Å². The maximum atomic E-state index is 13.3. The maximum absolute atomic E-state index is 13.3. The molecule has 1 aromatic carbocycles. The van der Waals surface area contributed by atoms with E-state index in [2.05, 4.69) is 5.10 Å². The van der Waals surface area contributed by atoms with Crippen LogP contribution in [0.4, 0.5) is 10.1 Å². The SMILES string of the molecule is CN(CCCn1cccn1)C(=O)[C@@H]1[C@@H]2C=C[C@@]3(CN(c4ccc(F)cc4)C(=O)[C@@H]13)O2. The second kappa shape index (κ2) is 7.05. The number of carbonyl (C=O) groups excluding carboxylic acids is 2. The smallest absolute Gasteiger partial charge is 0.234 e. The van der Waals surface area contributed by atoms with Crippen LogP contribution in [0.15, 0.2) is 54.9 Å². The van der Waals surface area contributed by atoms with Crippen LogP contribution in [-0.2, 0) is 20.9 Å². The average molecular weight is 410 g/mol. The van der Waals surface area contributed by atoms with Gasteiger partial charge < -0.3 is 14.5 Å². The summed E-state index contributed by atoms with van der Waals surface area (Å²) in [5.74, 6) is -1.67. The van der Waals surface area contributed by atoms with Crippen LogP contribution in [0.1, 0.15) is 6.42 Å². The largest absolute Gasteiger partial charge is 0.360 e. The van der Waals surface area contributed by atoms with Gasteiger partial charge in [0.2, 0.25) is 11.8 Å². The Morgan fingerprint density at radius 1 is 1.37 bits per heavy atom. The molecule has 2 saturated heterocycles. The molecule has 4 heterocycles. The van der Waals surface area contributed by atoms with Crippen molar-refractivity contribution in [3.63, 3.8) is 0 Å². The molecule has 1 aromatic heterocycles. The highest BCUT2D eigenvalue weighted by Gasteiger charge is 2.67.